The van der Waals surface area contributed by atoms with Crippen molar-refractivity contribution in [3.05, 3.63) is 87.1 Å². The molecule has 0 bridgehead atoms. The van der Waals surface area contributed by atoms with Crippen LogP contribution >= 0.6 is 0 Å². The van der Waals surface area contributed by atoms with Crippen LogP contribution in [0.1, 0.15) is 22.4 Å². The minimum atomic E-state index is -4.07. The van der Waals surface area contributed by atoms with E-state index in [9.17, 15) is 22.4 Å². The zero-order valence-corrected chi connectivity index (χ0v) is 18.5. The third kappa shape index (κ3) is 4.59. The number of anilines is 1. The molecule has 6 nitrogen and oxygen atoms in total. The zero-order valence-electron chi connectivity index (χ0n) is 17.7. The fourth-order valence-electron chi connectivity index (χ4n) is 3.33. The lowest BCUT2D eigenvalue weighted by Gasteiger charge is -2.15. The molecule has 3 aromatic rings. The fraction of sp³-hybridized carbons (Fsp3) is 0.217. The van der Waals surface area contributed by atoms with Gasteiger partial charge in [0.15, 0.2) is 0 Å². The Kier molecular flexibility index (Phi) is 6.13. The van der Waals surface area contributed by atoms with Gasteiger partial charge < -0.3 is 9.88 Å². The number of nitrogens with one attached hydrogen (secondary N) is 1. The van der Waals surface area contributed by atoms with Gasteiger partial charge in [-0.2, -0.15) is 0 Å². The van der Waals surface area contributed by atoms with Crippen LogP contribution in [0, 0.1) is 33.5 Å². The number of rotatable bonds is 5. The first kappa shape index (κ1) is 22.4. The van der Waals surface area contributed by atoms with Crippen LogP contribution < -0.4 is 10.9 Å². The van der Waals surface area contributed by atoms with Gasteiger partial charge in [-0.15, -0.1) is 0 Å². The van der Waals surface area contributed by atoms with E-state index in [-0.39, 0.29) is 16.3 Å². The van der Waals surface area contributed by atoms with E-state index >= 15 is 0 Å². The molecule has 0 spiro atoms. The van der Waals surface area contributed by atoms with Crippen molar-refractivity contribution in [3.63, 3.8) is 0 Å². The molecule has 0 saturated heterocycles. The molecule has 3 rings (SSSR count). The molecule has 0 unspecified atom stereocenters. The number of benzene rings is 2. The smallest absolute Gasteiger partial charge is 0.270 e. The molecule has 1 amide bonds. The number of halogens is 1. The summed E-state index contributed by atoms with van der Waals surface area (Å²) in [5.41, 5.74) is 1.65. The monoisotopic (exact) mass is 442 g/mol. The summed E-state index contributed by atoms with van der Waals surface area (Å²) in [6.45, 7) is 6.22. The van der Waals surface area contributed by atoms with Crippen LogP contribution in [-0.4, -0.2) is 18.9 Å². The predicted molar refractivity (Wildman–Crippen MR) is 117 cm³/mol. The molecular weight excluding hydrogens is 419 g/mol. The van der Waals surface area contributed by atoms with E-state index in [0.717, 1.165) is 10.1 Å². The molecule has 1 heterocycles. The average Bonchev–Trinajstić information content (AvgIpc) is 2.68. The van der Waals surface area contributed by atoms with E-state index in [0.29, 0.717) is 22.5 Å². The highest BCUT2D eigenvalue weighted by Crippen LogP contribution is 2.22. The van der Waals surface area contributed by atoms with Gasteiger partial charge in [-0.25, -0.2) is 12.8 Å². The Morgan fingerprint density at radius 1 is 0.968 bits per heavy atom. The average molecular weight is 443 g/mol. The maximum atomic E-state index is 13.4. The predicted octanol–water partition coefficient (Wildman–Crippen LogP) is 3.69. The van der Waals surface area contributed by atoms with Crippen molar-refractivity contribution >= 4 is 21.4 Å². The third-order valence-electron chi connectivity index (χ3n) is 4.99. The highest BCUT2D eigenvalue weighted by molar-refractivity contribution is 7.91. The van der Waals surface area contributed by atoms with Gasteiger partial charge in [-0.1, -0.05) is 17.7 Å². The molecule has 1 aromatic heterocycles. The van der Waals surface area contributed by atoms with Crippen LogP contribution in [0.3, 0.4) is 0 Å². The van der Waals surface area contributed by atoms with Crippen LogP contribution in [0.25, 0.3) is 0 Å². The molecule has 0 saturated carbocycles. The molecule has 8 heteroatoms. The van der Waals surface area contributed by atoms with Crippen molar-refractivity contribution in [1.29, 1.82) is 0 Å². The first-order chi connectivity index (χ1) is 14.5. The number of nitrogens with zero attached hydrogens (tertiary/aromatic N) is 1. The number of aromatic nitrogens is 1. The van der Waals surface area contributed by atoms with Crippen molar-refractivity contribution in [2.45, 2.75) is 44.0 Å². The van der Waals surface area contributed by atoms with Gasteiger partial charge in [-0.05, 0) is 75.2 Å². The summed E-state index contributed by atoms with van der Waals surface area (Å²) < 4.78 is 40.8. The van der Waals surface area contributed by atoms with Gasteiger partial charge in [0.1, 0.15) is 17.3 Å². The van der Waals surface area contributed by atoms with Gasteiger partial charge in [0.2, 0.25) is 15.7 Å². The SMILES string of the molecule is Cc1ccc(S(=O)(=O)c2c(C)cc(C)n(CC(=O)Nc3ccc(F)c(C)c3)c2=O)cc1. The minimum Gasteiger partial charge on any atom is -0.325 e. The number of aryl methyl sites for hydroxylation is 4. The largest absolute Gasteiger partial charge is 0.325 e. The standard InChI is InChI=1S/C23H23FN2O4S/c1-14-5-8-19(9-6-14)31(29,30)22-16(3)11-17(4)26(23(22)28)13-21(27)25-18-7-10-20(24)15(2)12-18/h5-12H,13H2,1-4H3,(H,25,27). The normalized spacial score (nSPS) is 11.4. The molecule has 31 heavy (non-hydrogen) atoms. The number of pyridine rings is 1. The number of hydrogen-bond donors (Lipinski definition) is 1. The lowest BCUT2D eigenvalue weighted by Crippen LogP contribution is -2.33. The van der Waals surface area contributed by atoms with Crippen molar-refractivity contribution < 1.29 is 17.6 Å². The second-order valence-corrected chi connectivity index (χ2v) is 9.40. The molecule has 0 aliphatic rings. The van der Waals surface area contributed by atoms with Crippen molar-refractivity contribution in [1.82, 2.24) is 4.57 Å². The molecule has 0 fully saturated rings. The van der Waals surface area contributed by atoms with Crippen LogP contribution in [0.4, 0.5) is 10.1 Å². The number of carbonyl (C=O) groups excluding carboxylic acids is 1. The Morgan fingerprint density at radius 2 is 1.61 bits per heavy atom. The van der Waals surface area contributed by atoms with E-state index in [4.69, 9.17) is 0 Å². The lowest BCUT2D eigenvalue weighted by molar-refractivity contribution is -0.116. The highest BCUT2D eigenvalue weighted by atomic mass is 32.2. The number of hydrogen-bond acceptors (Lipinski definition) is 4. The van der Waals surface area contributed by atoms with Crippen molar-refractivity contribution in [2.24, 2.45) is 0 Å². The van der Waals surface area contributed by atoms with Crippen LogP contribution in [0.5, 0.6) is 0 Å². The topological polar surface area (TPSA) is 85.2 Å². The van der Waals surface area contributed by atoms with Crippen LogP contribution in [0.2, 0.25) is 0 Å². The Balaban J connectivity index is 1.98. The summed E-state index contributed by atoms with van der Waals surface area (Å²) in [6, 6.07) is 11.9. The maximum Gasteiger partial charge on any atom is 0.270 e. The summed E-state index contributed by atoms with van der Waals surface area (Å²) in [4.78, 5) is 25.3. The molecule has 0 aliphatic carbocycles. The van der Waals surface area contributed by atoms with Gasteiger partial charge in [0, 0.05) is 11.4 Å². The number of amides is 1. The van der Waals surface area contributed by atoms with E-state index in [1.165, 1.54) is 30.3 Å². The molecule has 0 radical (unpaired) electrons. The summed E-state index contributed by atoms with van der Waals surface area (Å²) in [6.07, 6.45) is 0. The Hall–Kier alpha value is -3.26. The van der Waals surface area contributed by atoms with Crippen LogP contribution in [-0.2, 0) is 21.2 Å². The summed E-state index contributed by atoms with van der Waals surface area (Å²) >= 11 is 0. The number of carbonyl (C=O) groups is 1. The molecule has 2 aromatic carbocycles. The van der Waals surface area contributed by atoms with E-state index < -0.39 is 27.1 Å². The third-order valence-corrected chi connectivity index (χ3v) is 6.92. The molecule has 1 N–H and O–H groups in total. The number of sulfone groups is 1. The Morgan fingerprint density at radius 3 is 2.23 bits per heavy atom. The summed E-state index contributed by atoms with van der Waals surface area (Å²) in [5, 5.41) is 2.61. The molecule has 0 aliphatic heterocycles. The quantitative estimate of drug-likeness (QED) is 0.653. The van der Waals surface area contributed by atoms with Gasteiger partial charge >= 0.3 is 0 Å². The van der Waals surface area contributed by atoms with Gasteiger partial charge in [0.05, 0.1) is 4.90 Å². The Labute approximate surface area is 180 Å². The molecular formula is C23H23FN2O4S. The second kappa shape index (κ2) is 8.47. The fourth-order valence-corrected chi connectivity index (χ4v) is 4.89. The van der Waals surface area contributed by atoms with Crippen molar-refractivity contribution in [2.75, 3.05) is 5.32 Å². The van der Waals surface area contributed by atoms with E-state index in [2.05, 4.69) is 5.32 Å². The van der Waals surface area contributed by atoms with E-state index in [1.54, 1.807) is 39.0 Å². The summed E-state index contributed by atoms with van der Waals surface area (Å²) in [5.74, 6) is -0.923. The first-order valence-electron chi connectivity index (χ1n) is 9.59. The molecule has 162 valence electrons. The highest BCUT2D eigenvalue weighted by Gasteiger charge is 2.26. The zero-order chi connectivity index (χ0) is 22.9. The minimum absolute atomic E-state index is 0.0138. The summed E-state index contributed by atoms with van der Waals surface area (Å²) in [7, 11) is -4.07. The first-order valence-corrected chi connectivity index (χ1v) is 11.1. The molecule has 0 atom stereocenters. The van der Waals surface area contributed by atoms with E-state index in [1.807, 2.05) is 6.92 Å². The van der Waals surface area contributed by atoms with Crippen LogP contribution in [0.15, 0.2) is 63.1 Å². The van der Waals surface area contributed by atoms with Gasteiger partial charge in [0.25, 0.3) is 5.56 Å². The maximum absolute atomic E-state index is 13.4. The van der Waals surface area contributed by atoms with Crippen molar-refractivity contribution in [3.8, 4) is 0 Å². The Bertz CT molecular complexity index is 1330. The van der Waals surface area contributed by atoms with Gasteiger partial charge in [-0.3, -0.25) is 9.59 Å². The second-order valence-electron chi connectivity index (χ2n) is 7.52. The lowest BCUT2D eigenvalue weighted by atomic mass is 10.2.